The third-order valence-electron chi connectivity index (χ3n) is 5.35. The number of hydrogen-bond acceptors (Lipinski definition) is 3. The number of aromatic amines is 1. The first-order valence-corrected chi connectivity index (χ1v) is 9.35. The Hall–Kier alpha value is -2.34. The molecule has 1 fully saturated rings. The molecule has 0 bridgehead atoms. The summed E-state index contributed by atoms with van der Waals surface area (Å²) in [6, 6.07) is 7.46. The van der Waals surface area contributed by atoms with E-state index in [1.54, 1.807) is 35.0 Å². The molecule has 1 aromatic carbocycles. The summed E-state index contributed by atoms with van der Waals surface area (Å²) >= 11 is 0. The highest BCUT2D eigenvalue weighted by atomic mass is 16.2. The van der Waals surface area contributed by atoms with Gasteiger partial charge in [0.25, 0.3) is 5.91 Å². The molecular weight excluding hydrogens is 328 g/mol. The molecule has 0 saturated carbocycles. The van der Waals surface area contributed by atoms with E-state index >= 15 is 0 Å². The molecule has 1 saturated heterocycles. The number of nitrogens with one attached hydrogen (secondary N) is 2. The summed E-state index contributed by atoms with van der Waals surface area (Å²) in [5.41, 5.74) is 2.01. The van der Waals surface area contributed by atoms with Crippen molar-refractivity contribution < 1.29 is 4.79 Å². The molecule has 26 heavy (non-hydrogen) atoms. The molecule has 0 spiro atoms. The maximum Gasteiger partial charge on any atom is 0.330 e. The average Bonchev–Trinajstić information content (AvgIpc) is 2.98. The molecule has 2 heterocycles. The number of carbonyl (C=O) groups is 1. The van der Waals surface area contributed by atoms with Gasteiger partial charge in [0.15, 0.2) is 0 Å². The number of rotatable bonds is 5. The van der Waals surface area contributed by atoms with Gasteiger partial charge in [-0.05, 0) is 70.0 Å². The molecule has 3 rings (SSSR count). The Kier molecular flexibility index (Phi) is 5.61. The van der Waals surface area contributed by atoms with E-state index in [1.807, 2.05) is 6.92 Å². The molecule has 1 aliphatic heterocycles. The SMILES string of the molecule is Cc1c[nH]c(=O)n1-c1ccc(C(=O)NCC(C)N2CCC(C)CC2)cc1. The zero-order valence-electron chi connectivity index (χ0n) is 15.8. The highest BCUT2D eigenvalue weighted by Gasteiger charge is 2.20. The molecule has 6 nitrogen and oxygen atoms in total. The van der Waals surface area contributed by atoms with Crippen molar-refractivity contribution in [3.05, 3.63) is 52.2 Å². The highest BCUT2D eigenvalue weighted by molar-refractivity contribution is 5.94. The lowest BCUT2D eigenvalue weighted by atomic mass is 9.98. The largest absolute Gasteiger partial charge is 0.350 e. The Morgan fingerprint density at radius 3 is 2.50 bits per heavy atom. The number of piperidine rings is 1. The van der Waals surface area contributed by atoms with E-state index < -0.39 is 0 Å². The van der Waals surface area contributed by atoms with Crippen molar-refractivity contribution in [1.82, 2.24) is 19.8 Å². The second-order valence-corrected chi connectivity index (χ2v) is 7.40. The molecule has 6 heteroatoms. The first kappa shape index (κ1) is 18.5. The summed E-state index contributed by atoms with van der Waals surface area (Å²) in [4.78, 5) is 29.4. The predicted molar refractivity (Wildman–Crippen MR) is 103 cm³/mol. The van der Waals surface area contributed by atoms with Gasteiger partial charge in [-0.2, -0.15) is 0 Å². The summed E-state index contributed by atoms with van der Waals surface area (Å²) < 4.78 is 1.58. The van der Waals surface area contributed by atoms with Gasteiger partial charge < -0.3 is 10.3 Å². The maximum atomic E-state index is 12.4. The Labute approximate surface area is 154 Å². The van der Waals surface area contributed by atoms with E-state index in [0.717, 1.165) is 30.4 Å². The molecule has 2 N–H and O–H groups in total. The van der Waals surface area contributed by atoms with Crippen LogP contribution in [-0.2, 0) is 0 Å². The van der Waals surface area contributed by atoms with Gasteiger partial charge in [-0.1, -0.05) is 6.92 Å². The molecule has 1 amide bonds. The Bertz CT molecular complexity index is 798. The maximum absolute atomic E-state index is 12.4. The molecule has 1 aliphatic rings. The molecule has 1 atom stereocenters. The molecular formula is C20H28N4O2. The molecule has 0 aliphatic carbocycles. The van der Waals surface area contributed by atoms with E-state index in [9.17, 15) is 9.59 Å². The zero-order valence-corrected chi connectivity index (χ0v) is 15.8. The molecule has 0 radical (unpaired) electrons. The van der Waals surface area contributed by atoms with Crippen molar-refractivity contribution in [3.8, 4) is 5.69 Å². The van der Waals surface area contributed by atoms with Crippen LogP contribution in [-0.4, -0.2) is 46.0 Å². The molecule has 1 unspecified atom stereocenters. The number of amides is 1. The van der Waals surface area contributed by atoms with Crippen LogP contribution >= 0.6 is 0 Å². The number of aryl methyl sites for hydroxylation is 1. The first-order valence-electron chi connectivity index (χ1n) is 9.35. The van der Waals surface area contributed by atoms with Crippen LogP contribution in [0.2, 0.25) is 0 Å². The van der Waals surface area contributed by atoms with Gasteiger partial charge in [-0.15, -0.1) is 0 Å². The van der Waals surface area contributed by atoms with Crippen molar-refractivity contribution in [3.63, 3.8) is 0 Å². The van der Waals surface area contributed by atoms with E-state index in [0.29, 0.717) is 18.2 Å². The number of benzene rings is 1. The minimum Gasteiger partial charge on any atom is -0.350 e. The minimum atomic E-state index is -0.177. The molecule has 2 aromatic rings. The quantitative estimate of drug-likeness (QED) is 0.864. The Morgan fingerprint density at radius 1 is 1.27 bits per heavy atom. The van der Waals surface area contributed by atoms with Gasteiger partial charge in [-0.25, -0.2) is 4.79 Å². The van der Waals surface area contributed by atoms with Gasteiger partial charge in [0, 0.05) is 30.0 Å². The van der Waals surface area contributed by atoms with Gasteiger partial charge in [-0.3, -0.25) is 14.3 Å². The second kappa shape index (κ2) is 7.91. The average molecular weight is 356 g/mol. The fraction of sp³-hybridized carbons (Fsp3) is 0.500. The lowest BCUT2D eigenvalue weighted by Crippen LogP contribution is -2.45. The third-order valence-corrected chi connectivity index (χ3v) is 5.35. The highest BCUT2D eigenvalue weighted by Crippen LogP contribution is 2.17. The van der Waals surface area contributed by atoms with E-state index in [-0.39, 0.29) is 11.6 Å². The second-order valence-electron chi connectivity index (χ2n) is 7.40. The number of aromatic nitrogens is 2. The summed E-state index contributed by atoms with van der Waals surface area (Å²) in [6.45, 7) is 9.19. The lowest BCUT2D eigenvalue weighted by Gasteiger charge is -2.35. The van der Waals surface area contributed by atoms with Crippen molar-refractivity contribution in [2.24, 2.45) is 5.92 Å². The number of likely N-dealkylation sites (tertiary alicyclic amines) is 1. The van der Waals surface area contributed by atoms with Crippen LogP contribution in [0.5, 0.6) is 0 Å². The monoisotopic (exact) mass is 356 g/mol. The van der Waals surface area contributed by atoms with E-state index in [4.69, 9.17) is 0 Å². The smallest absolute Gasteiger partial charge is 0.330 e. The van der Waals surface area contributed by atoms with Crippen LogP contribution < -0.4 is 11.0 Å². The normalized spacial score (nSPS) is 17.2. The van der Waals surface area contributed by atoms with Crippen molar-refractivity contribution in [2.45, 2.75) is 39.7 Å². The third kappa shape index (κ3) is 4.07. The van der Waals surface area contributed by atoms with Gasteiger partial charge in [0.05, 0.1) is 5.69 Å². The standard InChI is InChI=1S/C20H28N4O2/c1-14-8-10-23(11-9-14)15(2)12-21-19(25)17-4-6-18(7-5-17)24-16(3)13-22-20(24)26/h4-7,13-15H,8-12H2,1-3H3,(H,21,25)(H,22,26). The zero-order chi connectivity index (χ0) is 18.7. The van der Waals surface area contributed by atoms with E-state index in [2.05, 4.69) is 29.0 Å². The van der Waals surface area contributed by atoms with Crippen LogP contribution in [0.3, 0.4) is 0 Å². The summed E-state index contributed by atoms with van der Waals surface area (Å²) in [6.07, 6.45) is 4.14. The number of hydrogen-bond donors (Lipinski definition) is 2. The van der Waals surface area contributed by atoms with Crippen LogP contribution in [0.15, 0.2) is 35.3 Å². The summed E-state index contributed by atoms with van der Waals surface area (Å²) in [5, 5.41) is 3.03. The fourth-order valence-corrected chi connectivity index (χ4v) is 3.48. The number of H-pyrrole nitrogens is 1. The minimum absolute atomic E-state index is 0.0769. The Balaban J connectivity index is 1.57. The van der Waals surface area contributed by atoms with Crippen molar-refractivity contribution >= 4 is 5.91 Å². The van der Waals surface area contributed by atoms with Crippen molar-refractivity contribution in [2.75, 3.05) is 19.6 Å². The van der Waals surface area contributed by atoms with Gasteiger partial charge in [0.1, 0.15) is 0 Å². The lowest BCUT2D eigenvalue weighted by molar-refractivity contribution is 0.0921. The number of nitrogens with zero attached hydrogens (tertiary/aromatic N) is 2. The van der Waals surface area contributed by atoms with E-state index in [1.165, 1.54) is 12.8 Å². The summed E-state index contributed by atoms with van der Waals surface area (Å²) in [7, 11) is 0. The van der Waals surface area contributed by atoms with Crippen LogP contribution in [0, 0.1) is 12.8 Å². The van der Waals surface area contributed by atoms with Crippen LogP contribution in [0.25, 0.3) is 5.69 Å². The van der Waals surface area contributed by atoms with Gasteiger partial charge >= 0.3 is 5.69 Å². The summed E-state index contributed by atoms with van der Waals surface area (Å²) in [5.74, 6) is 0.731. The number of carbonyl (C=O) groups excluding carboxylic acids is 1. The van der Waals surface area contributed by atoms with Crippen molar-refractivity contribution in [1.29, 1.82) is 0 Å². The predicted octanol–water partition coefficient (Wildman–Crippen LogP) is 2.32. The topological polar surface area (TPSA) is 70.1 Å². The number of imidazole rings is 1. The van der Waals surface area contributed by atoms with Gasteiger partial charge in [0.2, 0.25) is 0 Å². The Morgan fingerprint density at radius 2 is 1.92 bits per heavy atom. The molecule has 140 valence electrons. The fourth-order valence-electron chi connectivity index (χ4n) is 3.48. The molecule has 1 aromatic heterocycles. The first-order chi connectivity index (χ1) is 12.5. The van der Waals surface area contributed by atoms with Crippen LogP contribution in [0.4, 0.5) is 0 Å². The van der Waals surface area contributed by atoms with Crippen LogP contribution in [0.1, 0.15) is 42.7 Å².